The first-order valence-electron chi connectivity index (χ1n) is 5.52. The normalized spacial score (nSPS) is 13.7. The van der Waals surface area contributed by atoms with Crippen molar-refractivity contribution < 1.29 is 19.7 Å². The van der Waals surface area contributed by atoms with Crippen molar-refractivity contribution in [3.8, 4) is 5.75 Å². The first-order chi connectivity index (χ1) is 8.84. The van der Waals surface area contributed by atoms with Gasteiger partial charge in [-0.3, -0.25) is 4.79 Å². The lowest BCUT2D eigenvalue weighted by Gasteiger charge is -2.20. The number of benzene rings is 1. The molecule has 1 rings (SSSR count). The summed E-state index contributed by atoms with van der Waals surface area (Å²) < 4.78 is 5.94. The third kappa shape index (κ3) is 5.78. The molecule has 0 saturated carbocycles. The second-order valence-electron chi connectivity index (χ2n) is 4.30. The molecular formula is C12H15BrClNO4. The van der Waals surface area contributed by atoms with Crippen molar-refractivity contribution in [3.05, 3.63) is 27.7 Å². The first-order valence-corrected chi connectivity index (χ1v) is 6.69. The third-order valence-electron chi connectivity index (χ3n) is 2.26. The maximum absolute atomic E-state index is 11.5. The molecule has 1 amide bonds. The predicted octanol–water partition coefficient (Wildman–Crippen LogP) is 1.34. The highest BCUT2D eigenvalue weighted by atomic mass is 79.9. The Morgan fingerprint density at radius 1 is 1.58 bits per heavy atom. The number of rotatable bonds is 6. The van der Waals surface area contributed by atoms with Crippen molar-refractivity contribution in [3.63, 3.8) is 0 Å². The molecule has 0 spiro atoms. The Bertz CT molecular complexity index is 453. The lowest BCUT2D eigenvalue weighted by molar-refractivity contribution is -0.124. The van der Waals surface area contributed by atoms with E-state index in [-0.39, 0.29) is 13.2 Å². The van der Waals surface area contributed by atoms with Crippen LogP contribution in [0.3, 0.4) is 0 Å². The quantitative estimate of drug-likeness (QED) is 0.722. The van der Waals surface area contributed by atoms with Crippen LogP contribution in [0.15, 0.2) is 22.7 Å². The van der Waals surface area contributed by atoms with Crippen LogP contribution in [0.5, 0.6) is 5.75 Å². The predicted molar refractivity (Wildman–Crippen MR) is 75.4 cm³/mol. The van der Waals surface area contributed by atoms with Gasteiger partial charge in [-0.05, 0) is 41.1 Å². The van der Waals surface area contributed by atoms with E-state index in [1.807, 2.05) is 0 Å². The molecule has 0 radical (unpaired) electrons. The van der Waals surface area contributed by atoms with Crippen LogP contribution in [0.25, 0.3) is 0 Å². The van der Waals surface area contributed by atoms with Crippen LogP contribution >= 0.6 is 27.5 Å². The molecule has 0 aromatic heterocycles. The fraction of sp³-hybridized carbons (Fsp3) is 0.417. The second-order valence-corrected chi connectivity index (χ2v) is 5.59. The standard InChI is InChI=1S/C12H15BrClNO4/c1-12(18,7-16)6-15-11(17)5-19-10-3-2-8(14)4-9(10)13/h2-4,16,18H,5-7H2,1H3,(H,15,17). The Morgan fingerprint density at radius 3 is 2.84 bits per heavy atom. The van der Waals surface area contributed by atoms with Gasteiger partial charge in [-0.15, -0.1) is 0 Å². The molecule has 5 nitrogen and oxygen atoms in total. The summed E-state index contributed by atoms with van der Waals surface area (Å²) in [6.45, 7) is 0.746. The van der Waals surface area contributed by atoms with Crippen molar-refractivity contribution in [1.82, 2.24) is 5.32 Å². The summed E-state index contributed by atoms with van der Waals surface area (Å²) in [5.74, 6) is 0.101. The van der Waals surface area contributed by atoms with Crippen molar-refractivity contribution in [2.24, 2.45) is 0 Å². The highest BCUT2D eigenvalue weighted by Gasteiger charge is 2.19. The summed E-state index contributed by atoms with van der Waals surface area (Å²) in [5, 5.41) is 21.3. The lowest BCUT2D eigenvalue weighted by Crippen LogP contribution is -2.44. The number of aliphatic hydroxyl groups is 2. The molecule has 1 atom stereocenters. The van der Waals surface area contributed by atoms with E-state index in [1.54, 1.807) is 18.2 Å². The first kappa shape index (κ1) is 16.2. The number of aliphatic hydroxyl groups excluding tert-OH is 1. The minimum atomic E-state index is -1.34. The summed E-state index contributed by atoms with van der Waals surface area (Å²) in [5.41, 5.74) is -1.34. The topological polar surface area (TPSA) is 78.8 Å². The van der Waals surface area contributed by atoms with Gasteiger partial charge in [0.2, 0.25) is 0 Å². The summed E-state index contributed by atoms with van der Waals surface area (Å²) in [7, 11) is 0. The van der Waals surface area contributed by atoms with Crippen LogP contribution in [0.4, 0.5) is 0 Å². The molecule has 1 unspecified atom stereocenters. The van der Waals surface area contributed by atoms with Gasteiger partial charge in [0.1, 0.15) is 11.4 Å². The minimum Gasteiger partial charge on any atom is -0.483 e. The zero-order valence-electron chi connectivity index (χ0n) is 10.3. The number of nitrogens with one attached hydrogen (secondary N) is 1. The van der Waals surface area contributed by atoms with E-state index in [9.17, 15) is 9.90 Å². The molecule has 1 aromatic carbocycles. The van der Waals surface area contributed by atoms with Crippen molar-refractivity contribution >= 4 is 33.4 Å². The van der Waals surface area contributed by atoms with Gasteiger partial charge in [0, 0.05) is 11.6 Å². The monoisotopic (exact) mass is 351 g/mol. The molecule has 3 N–H and O–H groups in total. The molecular weight excluding hydrogens is 337 g/mol. The Labute approximate surface area is 124 Å². The van der Waals surface area contributed by atoms with Gasteiger partial charge in [-0.2, -0.15) is 0 Å². The zero-order chi connectivity index (χ0) is 14.5. The smallest absolute Gasteiger partial charge is 0.258 e. The minimum absolute atomic E-state index is 0.0481. The molecule has 0 fully saturated rings. The summed E-state index contributed by atoms with van der Waals surface area (Å²) in [4.78, 5) is 11.5. The summed E-state index contributed by atoms with van der Waals surface area (Å²) in [6, 6.07) is 4.95. The maximum Gasteiger partial charge on any atom is 0.258 e. The number of hydrogen-bond acceptors (Lipinski definition) is 4. The zero-order valence-corrected chi connectivity index (χ0v) is 12.7. The van der Waals surface area contributed by atoms with Crippen molar-refractivity contribution in [2.75, 3.05) is 19.8 Å². The molecule has 0 aliphatic carbocycles. The van der Waals surface area contributed by atoms with E-state index in [0.29, 0.717) is 15.2 Å². The lowest BCUT2D eigenvalue weighted by atomic mass is 10.1. The van der Waals surface area contributed by atoms with Gasteiger partial charge >= 0.3 is 0 Å². The number of ether oxygens (including phenoxy) is 1. The average Bonchev–Trinajstić information content (AvgIpc) is 2.35. The van der Waals surface area contributed by atoms with Crippen molar-refractivity contribution in [2.45, 2.75) is 12.5 Å². The van der Waals surface area contributed by atoms with E-state index < -0.39 is 18.1 Å². The molecule has 0 bridgehead atoms. The van der Waals surface area contributed by atoms with Crippen LogP contribution in [-0.2, 0) is 4.79 Å². The summed E-state index contributed by atoms with van der Waals surface area (Å²) in [6.07, 6.45) is 0. The molecule has 1 aromatic rings. The average molecular weight is 353 g/mol. The largest absolute Gasteiger partial charge is 0.483 e. The Kier molecular flexibility index (Phi) is 6.06. The van der Waals surface area contributed by atoms with Gasteiger partial charge in [0.15, 0.2) is 6.61 Å². The highest BCUT2D eigenvalue weighted by Crippen LogP contribution is 2.27. The Hall–Kier alpha value is -0.820. The number of carbonyl (C=O) groups is 1. The van der Waals surface area contributed by atoms with Crippen molar-refractivity contribution in [1.29, 1.82) is 0 Å². The van der Waals surface area contributed by atoms with E-state index in [2.05, 4.69) is 21.2 Å². The Balaban J connectivity index is 2.42. The number of hydrogen-bond donors (Lipinski definition) is 3. The second kappa shape index (κ2) is 7.09. The molecule has 0 aliphatic heterocycles. The van der Waals surface area contributed by atoms with E-state index in [0.717, 1.165) is 0 Å². The SMILES string of the molecule is CC(O)(CO)CNC(=O)COc1ccc(Cl)cc1Br. The van der Waals surface area contributed by atoms with Gasteiger partial charge in [0.25, 0.3) is 5.91 Å². The molecule has 0 aliphatic rings. The van der Waals surface area contributed by atoms with Gasteiger partial charge in [0.05, 0.1) is 11.1 Å². The number of amides is 1. The van der Waals surface area contributed by atoms with Crippen LogP contribution in [-0.4, -0.2) is 41.5 Å². The van der Waals surface area contributed by atoms with Crippen LogP contribution < -0.4 is 10.1 Å². The Morgan fingerprint density at radius 2 is 2.26 bits per heavy atom. The summed E-state index contributed by atoms with van der Waals surface area (Å²) >= 11 is 9.04. The van der Waals surface area contributed by atoms with Crippen LogP contribution in [0.2, 0.25) is 5.02 Å². The van der Waals surface area contributed by atoms with Gasteiger partial charge < -0.3 is 20.3 Å². The van der Waals surface area contributed by atoms with Crippen LogP contribution in [0.1, 0.15) is 6.92 Å². The van der Waals surface area contributed by atoms with E-state index in [1.165, 1.54) is 6.92 Å². The third-order valence-corrected chi connectivity index (χ3v) is 3.11. The molecule has 106 valence electrons. The maximum atomic E-state index is 11.5. The fourth-order valence-corrected chi connectivity index (χ4v) is 1.93. The van der Waals surface area contributed by atoms with Crippen LogP contribution in [0, 0.1) is 0 Å². The molecule has 19 heavy (non-hydrogen) atoms. The highest BCUT2D eigenvalue weighted by molar-refractivity contribution is 9.10. The molecule has 0 heterocycles. The molecule has 0 saturated heterocycles. The van der Waals surface area contributed by atoms with E-state index in [4.69, 9.17) is 21.4 Å². The number of carbonyl (C=O) groups excluding carboxylic acids is 1. The number of halogens is 2. The van der Waals surface area contributed by atoms with Gasteiger partial charge in [-0.25, -0.2) is 0 Å². The van der Waals surface area contributed by atoms with Gasteiger partial charge in [-0.1, -0.05) is 11.6 Å². The van der Waals surface area contributed by atoms with E-state index >= 15 is 0 Å². The fourth-order valence-electron chi connectivity index (χ4n) is 1.13. The molecule has 7 heteroatoms.